The molecule has 4 nitrogen and oxygen atoms in total. The van der Waals surface area contributed by atoms with Gasteiger partial charge in [0.1, 0.15) is 0 Å². The largest absolute Gasteiger partial charge is 0.394 e. The van der Waals surface area contributed by atoms with E-state index in [1.807, 2.05) is 30.3 Å². The molecule has 110 valence electrons. The summed E-state index contributed by atoms with van der Waals surface area (Å²) < 4.78 is 0. The number of carbonyl (C=O) groups is 1. The number of hydrogen-bond acceptors (Lipinski definition) is 3. The van der Waals surface area contributed by atoms with Crippen molar-refractivity contribution in [3.05, 3.63) is 35.9 Å². The quantitative estimate of drug-likeness (QED) is 0.783. The van der Waals surface area contributed by atoms with Crippen molar-refractivity contribution < 1.29 is 9.90 Å². The van der Waals surface area contributed by atoms with Crippen LogP contribution >= 0.6 is 0 Å². The van der Waals surface area contributed by atoms with Crippen molar-refractivity contribution in [2.45, 2.75) is 38.8 Å². The van der Waals surface area contributed by atoms with E-state index in [9.17, 15) is 9.90 Å². The van der Waals surface area contributed by atoms with Gasteiger partial charge in [-0.3, -0.25) is 4.79 Å². The number of aliphatic hydroxyl groups excluding tert-OH is 1. The Morgan fingerprint density at radius 3 is 2.75 bits per heavy atom. The van der Waals surface area contributed by atoms with Crippen LogP contribution < -0.4 is 10.6 Å². The van der Waals surface area contributed by atoms with Gasteiger partial charge in [-0.1, -0.05) is 44.2 Å². The highest BCUT2D eigenvalue weighted by molar-refractivity contribution is 5.83. The van der Waals surface area contributed by atoms with Gasteiger partial charge in [0.2, 0.25) is 5.91 Å². The second kappa shape index (κ2) is 6.37. The lowest BCUT2D eigenvalue weighted by Gasteiger charge is -2.38. The summed E-state index contributed by atoms with van der Waals surface area (Å²) in [6.07, 6.45) is 2.13. The summed E-state index contributed by atoms with van der Waals surface area (Å²) in [4.78, 5) is 12.5. The molecule has 1 amide bonds. The maximum absolute atomic E-state index is 12.5. The van der Waals surface area contributed by atoms with Gasteiger partial charge in [-0.25, -0.2) is 0 Å². The van der Waals surface area contributed by atoms with E-state index in [1.54, 1.807) is 0 Å². The average Bonchev–Trinajstić information content (AvgIpc) is 2.45. The number of carbonyl (C=O) groups excluding carboxylic acids is 1. The Morgan fingerprint density at radius 1 is 1.45 bits per heavy atom. The first-order valence-electron chi connectivity index (χ1n) is 7.24. The van der Waals surface area contributed by atoms with E-state index >= 15 is 0 Å². The zero-order valence-corrected chi connectivity index (χ0v) is 12.2. The average molecular weight is 276 g/mol. The maximum atomic E-state index is 12.5. The number of benzene rings is 1. The Labute approximate surface area is 120 Å². The van der Waals surface area contributed by atoms with Crippen molar-refractivity contribution in [1.29, 1.82) is 0 Å². The van der Waals surface area contributed by atoms with Gasteiger partial charge in [0.15, 0.2) is 0 Å². The lowest BCUT2D eigenvalue weighted by Crippen LogP contribution is -2.56. The molecule has 0 aliphatic carbocycles. The van der Waals surface area contributed by atoms with Gasteiger partial charge >= 0.3 is 0 Å². The zero-order valence-electron chi connectivity index (χ0n) is 12.2. The van der Waals surface area contributed by atoms with E-state index in [0.29, 0.717) is 0 Å². The maximum Gasteiger partial charge on any atom is 0.238 e. The molecule has 1 aromatic carbocycles. The van der Waals surface area contributed by atoms with Crippen molar-refractivity contribution in [3.63, 3.8) is 0 Å². The Balaban J connectivity index is 2.06. The van der Waals surface area contributed by atoms with Crippen molar-refractivity contribution in [1.82, 2.24) is 10.6 Å². The van der Waals surface area contributed by atoms with E-state index < -0.39 is 0 Å². The van der Waals surface area contributed by atoms with Crippen LogP contribution in [0.25, 0.3) is 0 Å². The van der Waals surface area contributed by atoms with Gasteiger partial charge in [-0.05, 0) is 30.4 Å². The fourth-order valence-corrected chi connectivity index (χ4v) is 2.83. The second-order valence-electron chi connectivity index (χ2n) is 6.13. The number of piperidine rings is 1. The number of aliphatic hydroxyl groups is 1. The molecule has 0 saturated carbocycles. The van der Waals surface area contributed by atoms with Gasteiger partial charge in [0.05, 0.1) is 18.7 Å². The first kappa shape index (κ1) is 15.0. The molecule has 2 atom stereocenters. The zero-order chi connectivity index (χ0) is 14.6. The van der Waals surface area contributed by atoms with Crippen molar-refractivity contribution in [2.24, 2.45) is 5.41 Å². The van der Waals surface area contributed by atoms with Gasteiger partial charge in [-0.15, -0.1) is 0 Å². The highest BCUT2D eigenvalue weighted by Crippen LogP contribution is 2.30. The van der Waals surface area contributed by atoms with Gasteiger partial charge in [-0.2, -0.15) is 0 Å². The molecule has 1 heterocycles. The highest BCUT2D eigenvalue weighted by Gasteiger charge is 2.37. The third-order valence-electron chi connectivity index (χ3n) is 4.09. The molecular weight excluding hydrogens is 252 g/mol. The van der Waals surface area contributed by atoms with Gasteiger partial charge < -0.3 is 15.7 Å². The van der Waals surface area contributed by atoms with Crippen LogP contribution in [0.1, 0.15) is 38.3 Å². The molecule has 0 bridgehead atoms. The summed E-state index contributed by atoms with van der Waals surface area (Å²) in [6.45, 7) is 5.00. The molecule has 1 fully saturated rings. The topological polar surface area (TPSA) is 61.4 Å². The standard InChI is InChI=1S/C16H24N2O2/c1-16(2)9-6-10-17-14(16)15(20)18-13(11-19)12-7-4-3-5-8-12/h3-5,7-8,13-14,17,19H,6,9-11H2,1-2H3,(H,18,20). The van der Waals surface area contributed by atoms with Gasteiger partial charge in [0.25, 0.3) is 0 Å². The van der Waals surface area contributed by atoms with Crippen LogP contribution in [-0.4, -0.2) is 30.2 Å². The van der Waals surface area contributed by atoms with Crippen molar-refractivity contribution >= 4 is 5.91 Å². The van der Waals surface area contributed by atoms with Crippen LogP contribution in [0.2, 0.25) is 0 Å². The first-order chi connectivity index (χ1) is 9.54. The van der Waals surface area contributed by atoms with E-state index in [4.69, 9.17) is 0 Å². The Bertz CT molecular complexity index is 445. The summed E-state index contributed by atoms with van der Waals surface area (Å²) >= 11 is 0. The molecule has 0 radical (unpaired) electrons. The van der Waals surface area contributed by atoms with Crippen molar-refractivity contribution in [2.75, 3.05) is 13.2 Å². The molecule has 1 aromatic rings. The van der Waals surface area contributed by atoms with Crippen LogP contribution in [-0.2, 0) is 4.79 Å². The van der Waals surface area contributed by atoms with Crippen LogP contribution in [0.3, 0.4) is 0 Å². The molecular formula is C16H24N2O2. The van der Waals surface area contributed by atoms with Crippen LogP contribution in [0.4, 0.5) is 0 Å². The summed E-state index contributed by atoms with van der Waals surface area (Å²) in [6, 6.07) is 9.03. The van der Waals surface area contributed by atoms with E-state index in [0.717, 1.165) is 24.9 Å². The second-order valence-corrected chi connectivity index (χ2v) is 6.13. The summed E-state index contributed by atoms with van der Waals surface area (Å²) in [7, 11) is 0. The molecule has 1 aliphatic rings. The highest BCUT2D eigenvalue weighted by atomic mass is 16.3. The molecule has 2 unspecified atom stereocenters. The fraction of sp³-hybridized carbons (Fsp3) is 0.562. The van der Waals surface area contributed by atoms with E-state index in [-0.39, 0.29) is 30.0 Å². The van der Waals surface area contributed by atoms with Crippen LogP contribution in [0.15, 0.2) is 30.3 Å². The predicted octanol–water partition coefficient (Wildman–Crippen LogP) is 1.61. The number of hydrogen-bond donors (Lipinski definition) is 3. The number of nitrogens with one attached hydrogen (secondary N) is 2. The summed E-state index contributed by atoms with van der Waals surface area (Å²) in [5, 5.41) is 15.8. The normalized spacial score (nSPS) is 23.1. The SMILES string of the molecule is CC1(C)CCCNC1C(=O)NC(CO)c1ccccc1. The summed E-state index contributed by atoms with van der Waals surface area (Å²) in [5.41, 5.74) is 0.871. The first-order valence-corrected chi connectivity index (χ1v) is 7.24. The molecule has 0 aromatic heterocycles. The van der Waals surface area contributed by atoms with E-state index in [1.165, 1.54) is 0 Å². The molecule has 20 heavy (non-hydrogen) atoms. The monoisotopic (exact) mass is 276 g/mol. The predicted molar refractivity (Wildman–Crippen MR) is 79.2 cm³/mol. The lowest BCUT2D eigenvalue weighted by atomic mass is 9.77. The number of amides is 1. The third-order valence-corrected chi connectivity index (χ3v) is 4.09. The van der Waals surface area contributed by atoms with Crippen LogP contribution in [0.5, 0.6) is 0 Å². The Hall–Kier alpha value is -1.39. The molecule has 1 aliphatic heterocycles. The molecule has 2 rings (SSSR count). The minimum atomic E-state index is -0.344. The Kier molecular flexibility index (Phi) is 4.78. The molecule has 3 N–H and O–H groups in total. The molecule has 1 saturated heterocycles. The number of rotatable bonds is 4. The molecule has 4 heteroatoms. The van der Waals surface area contributed by atoms with Crippen LogP contribution in [0, 0.1) is 5.41 Å². The Morgan fingerprint density at radius 2 is 2.15 bits per heavy atom. The lowest BCUT2D eigenvalue weighted by molar-refractivity contribution is -0.127. The minimum Gasteiger partial charge on any atom is -0.394 e. The fourth-order valence-electron chi connectivity index (χ4n) is 2.83. The molecule has 0 spiro atoms. The third kappa shape index (κ3) is 3.38. The van der Waals surface area contributed by atoms with E-state index in [2.05, 4.69) is 24.5 Å². The smallest absolute Gasteiger partial charge is 0.238 e. The van der Waals surface area contributed by atoms with Crippen molar-refractivity contribution in [3.8, 4) is 0 Å². The minimum absolute atomic E-state index is 0.0300. The summed E-state index contributed by atoms with van der Waals surface area (Å²) in [5.74, 6) is -0.0300. The van der Waals surface area contributed by atoms with Gasteiger partial charge in [0, 0.05) is 0 Å².